The van der Waals surface area contributed by atoms with Crippen molar-refractivity contribution >= 4 is 28.4 Å². The number of amides is 2. The number of anilines is 1. The fourth-order valence-corrected chi connectivity index (χ4v) is 3.19. The van der Waals surface area contributed by atoms with Crippen molar-refractivity contribution in [1.29, 1.82) is 0 Å². The molecule has 0 bridgehead atoms. The summed E-state index contributed by atoms with van der Waals surface area (Å²) >= 11 is 0. The number of benzene rings is 1. The molecule has 2 aromatic heterocycles. The van der Waals surface area contributed by atoms with Crippen molar-refractivity contribution in [3.05, 3.63) is 53.2 Å². The van der Waals surface area contributed by atoms with Crippen LogP contribution in [0.5, 0.6) is 0 Å². The predicted molar refractivity (Wildman–Crippen MR) is 113 cm³/mol. The lowest BCUT2D eigenvalue weighted by Crippen LogP contribution is -2.22. The molecule has 2 amide bonds. The van der Waals surface area contributed by atoms with Gasteiger partial charge in [0.2, 0.25) is 5.91 Å². The van der Waals surface area contributed by atoms with Gasteiger partial charge in [-0.2, -0.15) is 0 Å². The molecule has 0 saturated heterocycles. The normalized spacial score (nSPS) is 10.9. The molecule has 0 aliphatic carbocycles. The van der Waals surface area contributed by atoms with E-state index in [0.29, 0.717) is 24.4 Å². The number of hydrogen-bond acceptors (Lipinski definition) is 5. The van der Waals surface area contributed by atoms with E-state index in [-0.39, 0.29) is 11.8 Å². The van der Waals surface area contributed by atoms with Gasteiger partial charge < -0.3 is 20.9 Å². The lowest BCUT2D eigenvalue weighted by Gasteiger charge is -2.07. The molecule has 3 aromatic rings. The fourth-order valence-electron chi connectivity index (χ4n) is 3.19. The summed E-state index contributed by atoms with van der Waals surface area (Å²) in [5.41, 5.74) is 5.20. The minimum Gasteiger partial charge on any atom is -0.358 e. The quantitative estimate of drug-likeness (QED) is 0.438. The number of aryl methyl sites for hydroxylation is 1. The molecule has 0 unspecified atom stereocenters. The Morgan fingerprint density at radius 3 is 2.79 bits per heavy atom. The van der Waals surface area contributed by atoms with Crippen LogP contribution < -0.4 is 16.0 Å². The van der Waals surface area contributed by atoms with Crippen LogP contribution >= 0.6 is 0 Å². The Kier molecular flexibility index (Phi) is 6.56. The van der Waals surface area contributed by atoms with Crippen LogP contribution in [0.3, 0.4) is 0 Å². The van der Waals surface area contributed by atoms with Crippen molar-refractivity contribution < 1.29 is 9.59 Å². The highest BCUT2D eigenvalue weighted by molar-refractivity contribution is 5.95. The first-order valence-corrected chi connectivity index (χ1v) is 9.66. The van der Waals surface area contributed by atoms with E-state index >= 15 is 0 Å². The van der Waals surface area contributed by atoms with Crippen LogP contribution in [0.2, 0.25) is 0 Å². The number of fused-ring (bicyclic) bond motifs is 1. The summed E-state index contributed by atoms with van der Waals surface area (Å²) < 4.78 is 0. The lowest BCUT2D eigenvalue weighted by atomic mass is 10.1. The summed E-state index contributed by atoms with van der Waals surface area (Å²) in [5, 5.41) is 9.92. The number of H-pyrrole nitrogens is 1. The van der Waals surface area contributed by atoms with Crippen LogP contribution in [0.4, 0.5) is 5.69 Å². The number of aromatic nitrogens is 3. The highest BCUT2D eigenvalue weighted by Gasteiger charge is 2.10. The zero-order valence-electron chi connectivity index (χ0n) is 16.9. The van der Waals surface area contributed by atoms with Gasteiger partial charge in [-0.05, 0) is 43.7 Å². The van der Waals surface area contributed by atoms with Crippen LogP contribution in [-0.4, -0.2) is 40.4 Å². The molecule has 29 heavy (non-hydrogen) atoms. The molecular formula is C21H26N6O2. The second-order valence-electron chi connectivity index (χ2n) is 6.79. The first-order valence-electron chi connectivity index (χ1n) is 9.66. The smallest absolute Gasteiger partial charge is 0.271 e. The zero-order valence-corrected chi connectivity index (χ0v) is 16.9. The van der Waals surface area contributed by atoms with Gasteiger partial charge in [-0.1, -0.05) is 6.92 Å². The van der Waals surface area contributed by atoms with Gasteiger partial charge in [0.05, 0.1) is 11.9 Å². The van der Waals surface area contributed by atoms with E-state index in [4.69, 9.17) is 0 Å². The Labute approximate surface area is 169 Å². The molecule has 0 saturated carbocycles. The van der Waals surface area contributed by atoms with Crippen LogP contribution in [0.25, 0.3) is 10.9 Å². The summed E-state index contributed by atoms with van der Waals surface area (Å²) in [4.78, 5) is 35.1. The molecule has 0 radical (unpaired) electrons. The van der Waals surface area contributed by atoms with E-state index in [1.807, 2.05) is 25.1 Å². The molecule has 8 heteroatoms. The van der Waals surface area contributed by atoms with Gasteiger partial charge in [0, 0.05) is 48.5 Å². The van der Waals surface area contributed by atoms with Crippen LogP contribution in [0.1, 0.15) is 40.8 Å². The minimum absolute atomic E-state index is 0.0000752. The number of nitrogens with one attached hydrogen (secondary N) is 4. The molecule has 2 heterocycles. The SMILES string of the molecule is CCC(=O)Nc1ccc2[nH]c(C)c(CCNCc3cncc(C(=O)NC)n3)c2c1. The second-order valence-corrected chi connectivity index (χ2v) is 6.79. The number of hydrogen-bond donors (Lipinski definition) is 4. The average molecular weight is 394 g/mol. The van der Waals surface area contributed by atoms with Gasteiger partial charge in [-0.15, -0.1) is 0 Å². The predicted octanol–water partition coefficient (Wildman–Crippen LogP) is 2.31. The van der Waals surface area contributed by atoms with Gasteiger partial charge in [-0.25, -0.2) is 4.98 Å². The van der Waals surface area contributed by atoms with E-state index in [1.165, 1.54) is 11.8 Å². The molecule has 0 fully saturated rings. The number of rotatable bonds is 8. The molecule has 152 valence electrons. The molecule has 4 N–H and O–H groups in total. The second kappa shape index (κ2) is 9.29. The first-order chi connectivity index (χ1) is 14.0. The summed E-state index contributed by atoms with van der Waals surface area (Å²) in [6.45, 7) is 5.15. The number of carbonyl (C=O) groups excluding carboxylic acids is 2. The van der Waals surface area contributed by atoms with Crippen LogP contribution in [0, 0.1) is 6.92 Å². The fraction of sp³-hybridized carbons (Fsp3) is 0.333. The van der Waals surface area contributed by atoms with Gasteiger partial charge in [-0.3, -0.25) is 14.6 Å². The lowest BCUT2D eigenvalue weighted by molar-refractivity contribution is -0.115. The summed E-state index contributed by atoms with van der Waals surface area (Å²) in [6.07, 6.45) is 4.37. The zero-order chi connectivity index (χ0) is 20.8. The Balaban J connectivity index is 1.64. The molecule has 0 atom stereocenters. The molecule has 3 rings (SSSR count). The van der Waals surface area contributed by atoms with E-state index in [1.54, 1.807) is 13.2 Å². The molecule has 0 aliphatic heterocycles. The van der Waals surface area contributed by atoms with E-state index < -0.39 is 0 Å². The first kappa shape index (κ1) is 20.5. The third kappa shape index (κ3) is 4.97. The maximum absolute atomic E-state index is 11.7. The molecule has 0 aliphatic rings. The number of nitrogens with zero attached hydrogens (tertiary/aromatic N) is 2. The van der Waals surface area contributed by atoms with Crippen LogP contribution in [-0.2, 0) is 17.8 Å². The number of aromatic amines is 1. The Morgan fingerprint density at radius 1 is 1.21 bits per heavy atom. The third-order valence-electron chi connectivity index (χ3n) is 4.73. The van der Waals surface area contributed by atoms with Crippen molar-refractivity contribution in [1.82, 2.24) is 25.6 Å². The Morgan fingerprint density at radius 2 is 2.03 bits per heavy atom. The summed E-state index contributed by atoms with van der Waals surface area (Å²) in [5.74, 6) is -0.250. The molecule has 8 nitrogen and oxygen atoms in total. The largest absolute Gasteiger partial charge is 0.358 e. The van der Waals surface area contributed by atoms with Gasteiger partial charge in [0.25, 0.3) is 5.91 Å². The van der Waals surface area contributed by atoms with Crippen molar-refractivity contribution in [2.45, 2.75) is 33.2 Å². The van der Waals surface area contributed by atoms with E-state index in [9.17, 15) is 9.59 Å². The molecule has 0 spiro atoms. The Hall–Kier alpha value is -3.26. The van der Waals surface area contributed by atoms with Crippen molar-refractivity contribution in [3.63, 3.8) is 0 Å². The van der Waals surface area contributed by atoms with Gasteiger partial charge in [0.15, 0.2) is 0 Å². The highest BCUT2D eigenvalue weighted by atomic mass is 16.2. The van der Waals surface area contributed by atoms with Crippen molar-refractivity contribution in [3.8, 4) is 0 Å². The summed E-state index contributed by atoms with van der Waals surface area (Å²) in [6, 6.07) is 5.91. The van der Waals surface area contributed by atoms with E-state index in [0.717, 1.165) is 35.2 Å². The van der Waals surface area contributed by atoms with Crippen molar-refractivity contribution in [2.75, 3.05) is 18.9 Å². The van der Waals surface area contributed by atoms with Gasteiger partial charge >= 0.3 is 0 Å². The van der Waals surface area contributed by atoms with Gasteiger partial charge in [0.1, 0.15) is 5.69 Å². The number of carbonyl (C=O) groups is 2. The topological polar surface area (TPSA) is 112 Å². The maximum Gasteiger partial charge on any atom is 0.271 e. The van der Waals surface area contributed by atoms with Crippen molar-refractivity contribution in [2.24, 2.45) is 0 Å². The molecular weight excluding hydrogens is 368 g/mol. The maximum atomic E-state index is 11.7. The third-order valence-corrected chi connectivity index (χ3v) is 4.73. The highest BCUT2D eigenvalue weighted by Crippen LogP contribution is 2.25. The summed E-state index contributed by atoms with van der Waals surface area (Å²) in [7, 11) is 1.57. The molecule has 1 aromatic carbocycles. The Bertz CT molecular complexity index is 1030. The minimum atomic E-state index is -0.250. The monoisotopic (exact) mass is 394 g/mol. The standard InChI is InChI=1S/C21H26N6O2/c1-4-20(28)27-14-5-6-18-17(9-14)16(13(2)25-18)7-8-23-10-15-11-24-12-19(26-15)21(29)22-3/h5-6,9,11-12,23,25H,4,7-8,10H2,1-3H3,(H,22,29)(H,27,28). The average Bonchev–Trinajstić information content (AvgIpc) is 3.05. The van der Waals surface area contributed by atoms with Crippen LogP contribution in [0.15, 0.2) is 30.6 Å². The van der Waals surface area contributed by atoms with E-state index in [2.05, 4.69) is 37.8 Å².